The lowest BCUT2D eigenvalue weighted by Gasteiger charge is -2.38. The molecule has 1 saturated heterocycles. The van der Waals surface area contributed by atoms with Gasteiger partial charge in [-0.2, -0.15) is 26.3 Å². The Bertz CT molecular complexity index is 1230. The second kappa shape index (κ2) is 11.0. The van der Waals surface area contributed by atoms with Crippen LogP contribution in [0.2, 0.25) is 0 Å². The highest BCUT2D eigenvalue weighted by Gasteiger charge is 2.40. The van der Waals surface area contributed by atoms with E-state index in [0.29, 0.717) is 49.7 Å². The van der Waals surface area contributed by atoms with E-state index in [-0.39, 0.29) is 35.6 Å². The molecule has 1 aliphatic carbocycles. The number of ether oxygens (including phenoxy) is 1. The zero-order valence-electron chi connectivity index (χ0n) is 22.7. The molecule has 2 aromatic rings. The molecule has 1 unspecified atom stereocenters. The first-order valence-electron chi connectivity index (χ1n) is 14.1. The summed E-state index contributed by atoms with van der Waals surface area (Å²) in [5.41, 5.74) is -0.0992. The minimum Gasteiger partial charge on any atom is -0.493 e. The first-order valence-corrected chi connectivity index (χ1v) is 14.1. The van der Waals surface area contributed by atoms with Crippen molar-refractivity contribution >= 4 is 5.78 Å². The molecule has 3 aliphatic rings. The zero-order chi connectivity index (χ0) is 28.8. The molecule has 2 aromatic carbocycles. The largest absolute Gasteiger partial charge is 0.493 e. The number of Topliss-reactive ketones (excluding diaryl/α,β-unsaturated/α-hetero) is 1. The summed E-state index contributed by atoms with van der Waals surface area (Å²) in [4.78, 5) is 14.0. The van der Waals surface area contributed by atoms with Gasteiger partial charge in [-0.1, -0.05) is 19.1 Å². The molecule has 0 spiro atoms. The van der Waals surface area contributed by atoms with Crippen LogP contribution >= 0.6 is 0 Å². The summed E-state index contributed by atoms with van der Waals surface area (Å²) in [5, 5.41) is 0. The van der Waals surface area contributed by atoms with Crippen LogP contribution in [-0.4, -0.2) is 30.4 Å². The molecule has 0 radical (unpaired) electrons. The fraction of sp³-hybridized carbons (Fsp3) is 0.581. The molecule has 2 aliphatic heterocycles. The monoisotopic (exact) mass is 567 g/mol. The van der Waals surface area contributed by atoms with Gasteiger partial charge in [-0.05, 0) is 111 Å². The number of fused-ring (bicyclic) bond motifs is 1. The lowest BCUT2D eigenvalue weighted by molar-refractivity contribution is -0.142. The maximum Gasteiger partial charge on any atom is 0.416 e. The van der Waals surface area contributed by atoms with Crippen molar-refractivity contribution in [3.8, 4) is 5.75 Å². The van der Waals surface area contributed by atoms with Crippen LogP contribution in [0.3, 0.4) is 0 Å². The number of benzene rings is 2. The molecule has 0 N–H and O–H groups in total. The maximum atomic E-state index is 13.5. The van der Waals surface area contributed by atoms with Gasteiger partial charge in [0.25, 0.3) is 0 Å². The average molecular weight is 568 g/mol. The first kappa shape index (κ1) is 29.0. The van der Waals surface area contributed by atoms with E-state index in [4.69, 9.17) is 4.74 Å². The maximum absolute atomic E-state index is 13.5. The molecule has 2 heterocycles. The van der Waals surface area contributed by atoms with Gasteiger partial charge in [0.05, 0.1) is 17.7 Å². The Morgan fingerprint density at radius 3 is 2.25 bits per heavy atom. The third kappa shape index (κ3) is 6.34. The van der Waals surface area contributed by atoms with E-state index in [2.05, 4.69) is 12.1 Å². The molecule has 0 aromatic heterocycles. The Kier molecular flexibility index (Phi) is 7.98. The quantitative estimate of drug-likeness (QED) is 0.319. The standard InChI is InChI=1S/C31H35F6NO2/c1-18(19(2)39)29(21-3-4-21)22-5-8-28-23(13-22)14-25(17-40-28)20-9-11-38(12-10-20)16-24-15-26(30(32,33)34)6-7-27(24)31(35,36)37/h5-8,13,15,18,20-21,25,29H,3-4,9-12,14,16-17H2,1-2H3/t18-,25?,29+/m1/s1. The number of alkyl halides is 6. The van der Waals surface area contributed by atoms with Crippen molar-refractivity contribution in [2.45, 2.75) is 70.8 Å². The Balaban J connectivity index is 1.24. The van der Waals surface area contributed by atoms with Gasteiger partial charge in [-0.15, -0.1) is 0 Å². The second-order valence-electron chi connectivity index (χ2n) is 11.9. The fourth-order valence-corrected chi connectivity index (χ4v) is 6.63. The predicted molar refractivity (Wildman–Crippen MR) is 139 cm³/mol. The summed E-state index contributed by atoms with van der Waals surface area (Å²) in [6.07, 6.45) is -4.81. The molecule has 3 nitrogen and oxygen atoms in total. The van der Waals surface area contributed by atoms with Gasteiger partial charge < -0.3 is 4.74 Å². The van der Waals surface area contributed by atoms with Crippen molar-refractivity contribution in [2.75, 3.05) is 19.7 Å². The number of hydrogen-bond donors (Lipinski definition) is 0. The van der Waals surface area contributed by atoms with Crippen LogP contribution in [0.1, 0.15) is 73.3 Å². The average Bonchev–Trinajstić information content (AvgIpc) is 3.73. The number of halogens is 6. The molecule has 218 valence electrons. The van der Waals surface area contributed by atoms with Crippen LogP contribution in [0, 0.1) is 23.7 Å². The Labute approximate surface area is 230 Å². The van der Waals surface area contributed by atoms with E-state index in [0.717, 1.165) is 43.4 Å². The van der Waals surface area contributed by atoms with E-state index < -0.39 is 23.5 Å². The van der Waals surface area contributed by atoms with Crippen molar-refractivity contribution in [3.05, 3.63) is 64.2 Å². The van der Waals surface area contributed by atoms with Gasteiger partial charge in [0.1, 0.15) is 11.5 Å². The molecule has 40 heavy (non-hydrogen) atoms. The number of ketones is 1. The normalized spacial score (nSPS) is 22.4. The lowest BCUT2D eigenvalue weighted by Crippen LogP contribution is -2.39. The van der Waals surface area contributed by atoms with Gasteiger partial charge >= 0.3 is 12.4 Å². The molecule has 9 heteroatoms. The van der Waals surface area contributed by atoms with Crippen LogP contribution in [0.25, 0.3) is 0 Å². The van der Waals surface area contributed by atoms with Crippen molar-refractivity contribution in [2.24, 2.45) is 23.7 Å². The number of nitrogens with zero attached hydrogens (tertiary/aromatic N) is 1. The summed E-state index contributed by atoms with van der Waals surface area (Å²) in [7, 11) is 0. The van der Waals surface area contributed by atoms with Gasteiger partial charge in [0.2, 0.25) is 0 Å². The van der Waals surface area contributed by atoms with Crippen molar-refractivity contribution in [3.63, 3.8) is 0 Å². The van der Waals surface area contributed by atoms with Crippen molar-refractivity contribution in [1.29, 1.82) is 0 Å². The van der Waals surface area contributed by atoms with E-state index in [1.807, 2.05) is 17.9 Å². The molecule has 0 amide bonds. The minimum absolute atomic E-state index is 0.0372. The van der Waals surface area contributed by atoms with E-state index in [1.54, 1.807) is 6.92 Å². The predicted octanol–water partition coefficient (Wildman–Crippen LogP) is 7.91. The highest BCUT2D eigenvalue weighted by Crippen LogP contribution is 2.48. The molecule has 1 saturated carbocycles. The van der Waals surface area contributed by atoms with Crippen molar-refractivity contribution in [1.82, 2.24) is 4.90 Å². The SMILES string of the molecule is CC(=O)[C@@H](C)[C@H](c1ccc2c(c1)CC(C1CCN(Cc3cc(C(F)(F)F)ccc3C(F)(F)F)CC1)CO2)C1CC1. The van der Waals surface area contributed by atoms with E-state index >= 15 is 0 Å². The number of likely N-dealkylation sites (tertiary alicyclic amines) is 1. The van der Waals surface area contributed by atoms with Crippen LogP contribution in [0.5, 0.6) is 5.75 Å². The number of carbonyl (C=O) groups is 1. The third-order valence-corrected chi connectivity index (χ3v) is 9.15. The number of rotatable bonds is 7. The van der Waals surface area contributed by atoms with Crippen molar-refractivity contribution < 1.29 is 35.9 Å². The Morgan fingerprint density at radius 1 is 0.950 bits per heavy atom. The number of carbonyl (C=O) groups excluding carboxylic acids is 1. The smallest absolute Gasteiger partial charge is 0.416 e. The van der Waals surface area contributed by atoms with E-state index in [9.17, 15) is 31.1 Å². The van der Waals surface area contributed by atoms with Gasteiger partial charge in [-0.3, -0.25) is 9.69 Å². The summed E-state index contributed by atoms with van der Waals surface area (Å²) in [5.74, 6) is 2.35. The summed E-state index contributed by atoms with van der Waals surface area (Å²) in [6, 6.07) is 7.98. The van der Waals surface area contributed by atoms with Gasteiger partial charge in [0.15, 0.2) is 0 Å². The summed E-state index contributed by atoms with van der Waals surface area (Å²) < 4.78 is 86.3. The first-order chi connectivity index (χ1) is 18.8. The molecule has 2 fully saturated rings. The lowest BCUT2D eigenvalue weighted by atomic mass is 9.77. The topological polar surface area (TPSA) is 29.5 Å². The minimum atomic E-state index is -4.72. The highest BCUT2D eigenvalue weighted by molar-refractivity contribution is 5.79. The molecule has 0 bridgehead atoms. The number of piperidine rings is 1. The Morgan fingerprint density at radius 2 is 1.65 bits per heavy atom. The second-order valence-corrected chi connectivity index (χ2v) is 11.9. The molecule has 5 rings (SSSR count). The van der Waals surface area contributed by atoms with Crippen LogP contribution in [0.15, 0.2) is 36.4 Å². The van der Waals surface area contributed by atoms with Crippen LogP contribution in [-0.2, 0) is 30.1 Å². The van der Waals surface area contributed by atoms with Gasteiger partial charge in [-0.25, -0.2) is 0 Å². The summed E-state index contributed by atoms with van der Waals surface area (Å²) >= 11 is 0. The Hall–Kier alpha value is -2.55. The molecular formula is C31H35F6NO2. The highest BCUT2D eigenvalue weighted by atomic mass is 19.4. The third-order valence-electron chi connectivity index (χ3n) is 9.15. The van der Waals surface area contributed by atoms with E-state index in [1.165, 1.54) is 5.56 Å². The number of hydrogen-bond acceptors (Lipinski definition) is 3. The van der Waals surface area contributed by atoms with Gasteiger partial charge in [0, 0.05) is 18.4 Å². The summed E-state index contributed by atoms with van der Waals surface area (Å²) in [6.45, 7) is 5.09. The van der Waals surface area contributed by atoms with Crippen LogP contribution < -0.4 is 4.74 Å². The van der Waals surface area contributed by atoms with Crippen LogP contribution in [0.4, 0.5) is 26.3 Å². The fourth-order valence-electron chi connectivity index (χ4n) is 6.63. The zero-order valence-corrected chi connectivity index (χ0v) is 22.7. The molecule has 3 atom stereocenters. The molecular weight excluding hydrogens is 532 g/mol.